The SMILES string of the molecule is CSCCCNC(=O)CC1CCc2[nH]c3ncnc(Nc4ccc5c(c4)CS(=O)C5)c3c2C1. The van der Waals surface area contributed by atoms with Crippen LogP contribution in [0.3, 0.4) is 0 Å². The van der Waals surface area contributed by atoms with Gasteiger partial charge in [-0.1, -0.05) is 6.07 Å². The molecule has 0 bridgehead atoms. The van der Waals surface area contributed by atoms with E-state index in [4.69, 9.17) is 0 Å². The fourth-order valence-electron chi connectivity index (χ4n) is 4.87. The molecule has 1 aliphatic heterocycles. The molecule has 1 amide bonds. The van der Waals surface area contributed by atoms with Crippen LogP contribution in [0.4, 0.5) is 11.5 Å². The number of aryl methyl sites for hydroxylation is 1. The zero-order valence-electron chi connectivity index (χ0n) is 18.8. The van der Waals surface area contributed by atoms with Crippen LogP contribution in [0.1, 0.15) is 41.6 Å². The predicted octanol–water partition coefficient (Wildman–Crippen LogP) is 3.83. The van der Waals surface area contributed by atoms with Gasteiger partial charge in [-0.25, -0.2) is 9.97 Å². The molecule has 174 valence electrons. The number of carbonyl (C=O) groups excluding carboxylic acids is 1. The fourth-order valence-corrected chi connectivity index (χ4v) is 6.65. The lowest BCUT2D eigenvalue weighted by atomic mass is 9.84. The molecule has 0 saturated heterocycles. The highest BCUT2D eigenvalue weighted by Crippen LogP contribution is 2.36. The first-order valence-corrected chi connectivity index (χ1v) is 14.3. The third-order valence-corrected chi connectivity index (χ3v) is 8.46. The lowest BCUT2D eigenvalue weighted by molar-refractivity contribution is -0.122. The maximum atomic E-state index is 12.4. The smallest absolute Gasteiger partial charge is 0.220 e. The van der Waals surface area contributed by atoms with Crippen molar-refractivity contribution in [3.63, 3.8) is 0 Å². The van der Waals surface area contributed by atoms with Crippen molar-refractivity contribution in [2.75, 3.05) is 23.9 Å². The van der Waals surface area contributed by atoms with Gasteiger partial charge >= 0.3 is 0 Å². The van der Waals surface area contributed by atoms with Gasteiger partial charge in [0.2, 0.25) is 5.91 Å². The van der Waals surface area contributed by atoms with Gasteiger partial charge in [0.15, 0.2) is 0 Å². The summed E-state index contributed by atoms with van der Waals surface area (Å²) in [6.45, 7) is 0.751. The topological polar surface area (TPSA) is 99.8 Å². The van der Waals surface area contributed by atoms with Gasteiger partial charge in [0.25, 0.3) is 0 Å². The molecule has 3 N–H and O–H groups in total. The first kappa shape index (κ1) is 22.4. The Morgan fingerprint density at radius 2 is 2.15 bits per heavy atom. The van der Waals surface area contributed by atoms with Crippen LogP contribution in [0.15, 0.2) is 24.5 Å². The Hall–Kier alpha value is -2.39. The summed E-state index contributed by atoms with van der Waals surface area (Å²) < 4.78 is 11.9. The third-order valence-electron chi connectivity index (χ3n) is 6.50. The van der Waals surface area contributed by atoms with Crippen LogP contribution in [-0.2, 0) is 39.9 Å². The Morgan fingerprint density at radius 3 is 3.03 bits per heavy atom. The molecule has 0 radical (unpaired) electrons. The van der Waals surface area contributed by atoms with E-state index in [-0.39, 0.29) is 5.91 Å². The van der Waals surface area contributed by atoms with Gasteiger partial charge in [0.1, 0.15) is 17.8 Å². The summed E-state index contributed by atoms with van der Waals surface area (Å²) >= 11 is 1.80. The molecule has 1 aliphatic carbocycles. The Bertz CT molecular complexity index is 1210. The Labute approximate surface area is 200 Å². The number of aromatic nitrogens is 3. The number of H-pyrrole nitrogens is 1. The third kappa shape index (κ3) is 4.94. The number of carbonyl (C=O) groups is 1. The second-order valence-corrected chi connectivity index (χ2v) is 11.3. The Kier molecular flexibility index (Phi) is 6.69. The van der Waals surface area contributed by atoms with Crippen LogP contribution in [0.25, 0.3) is 11.0 Å². The van der Waals surface area contributed by atoms with E-state index in [1.165, 1.54) is 16.8 Å². The average Bonchev–Trinajstić information content (AvgIpc) is 3.36. The standard InChI is InChI=1S/C24H29N5O2S2/c1-32-8-2-7-25-21(30)10-15-3-6-20-19(9-15)22-23(26-14-27-24(22)29-20)28-18-5-4-16-12-33(31)13-17(16)11-18/h4-5,11,14-15H,2-3,6-10,12-13H2,1H3,(H,25,30)(H2,26,27,28,29). The molecule has 9 heteroatoms. The number of nitrogens with one attached hydrogen (secondary N) is 3. The maximum absolute atomic E-state index is 12.4. The zero-order chi connectivity index (χ0) is 22.8. The minimum Gasteiger partial charge on any atom is -0.356 e. The minimum atomic E-state index is -0.797. The van der Waals surface area contributed by atoms with Crippen molar-refractivity contribution >= 4 is 51.0 Å². The molecule has 3 heterocycles. The summed E-state index contributed by atoms with van der Waals surface area (Å²) in [5, 5.41) is 7.56. The van der Waals surface area contributed by atoms with Crippen LogP contribution in [0.5, 0.6) is 0 Å². The normalized spacial score (nSPS) is 19.3. The molecule has 1 aromatic carbocycles. The number of thioether (sulfide) groups is 1. The molecule has 2 unspecified atom stereocenters. The van der Waals surface area contributed by atoms with E-state index < -0.39 is 10.8 Å². The fraction of sp³-hybridized carbons (Fsp3) is 0.458. The molecule has 33 heavy (non-hydrogen) atoms. The number of amides is 1. The number of rotatable bonds is 8. The number of anilines is 2. The molecule has 3 aromatic rings. The lowest BCUT2D eigenvalue weighted by Crippen LogP contribution is -2.28. The number of nitrogens with zero attached hydrogens (tertiary/aromatic N) is 2. The van der Waals surface area contributed by atoms with E-state index in [0.717, 1.165) is 66.1 Å². The second kappa shape index (κ2) is 9.85. The van der Waals surface area contributed by atoms with Gasteiger partial charge in [-0.15, -0.1) is 0 Å². The van der Waals surface area contributed by atoms with Gasteiger partial charge in [-0.05, 0) is 72.4 Å². The Balaban J connectivity index is 1.34. The molecule has 0 saturated carbocycles. The summed E-state index contributed by atoms with van der Waals surface area (Å²) in [6, 6.07) is 6.16. The molecule has 7 nitrogen and oxygen atoms in total. The highest BCUT2D eigenvalue weighted by molar-refractivity contribution is 7.98. The van der Waals surface area contributed by atoms with Crippen molar-refractivity contribution in [3.8, 4) is 0 Å². The molecule has 0 spiro atoms. The van der Waals surface area contributed by atoms with Crippen molar-refractivity contribution < 1.29 is 9.00 Å². The second-order valence-electron chi connectivity index (χ2n) is 8.87. The van der Waals surface area contributed by atoms with Crippen LogP contribution < -0.4 is 10.6 Å². The summed E-state index contributed by atoms with van der Waals surface area (Å²) in [5.74, 6) is 3.57. The highest BCUT2D eigenvalue weighted by atomic mass is 32.2. The van der Waals surface area contributed by atoms with E-state index in [1.807, 2.05) is 6.07 Å². The van der Waals surface area contributed by atoms with E-state index in [0.29, 0.717) is 23.8 Å². The van der Waals surface area contributed by atoms with Crippen LogP contribution in [0, 0.1) is 5.92 Å². The van der Waals surface area contributed by atoms with Gasteiger partial charge in [0, 0.05) is 46.7 Å². The van der Waals surface area contributed by atoms with E-state index in [1.54, 1.807) is 18.1 Å². The van der Waals surface area contributed by atoms with Crippen molar-refractivity contribution in [3.05, 3.63) is 46.9 Å². The summed E-state index contributed by atoms with van der Waals surface area (Å²) in [6.07, 6.45) is 7.99. The first-order valence-electron chi connectivity index (χ1n) is 11.4. The molecule has 2 atom stereocenters. The van der Waals surface area contributed by atoms with Gasteiger partial charge in [-0.2, -0.15) is 11.8 Å². The maximum Gasteiger partial charge on any atom is 0.220 e. The van der Waals surface area contributed by atoms with Gasteiger partial charge in [-0.3, -0.25) is 9.00 Å². The average molecular weight is 484 g/mol. The number of fused-ring (bicyclic) bond motifs is 4. The van der Waals surface area contributed by atoms with Crippen molar-refractivity contribution in [1.29, 1.82) is 0 Å². The molecule has 5 rings (SSSR count). The molecular formula is C24H29N5O2S2. The first-order chi connectivity index (χ1) is 16.1. The summed E-state index contributed by atoms with van der Waals surface area (Å²) in [7, 11) is -0.797. The van der Waals surface area contributed by atoms with Crippen molar-refractivity contribution in [2.45, 2.75) is 43.6 Å². The summed E-state index contributed by atoms with van der Waals surface area (Å²) in [4.78, 5) is 24.9. The predicted molar refractivity (Wildman–Crippen MR) is 135 cm³/mol. The monoisotopic (exact) mass is 483 g/mol. The number of hydrogen-bond acceptors (Lipinski definition) is 6. The van der Waals surface area contributed by atoms with E-state index >= 15 is 0 Å². The molecule has 2 aliphatic rings. The number of aromatic amines is 1. The molecule has 0 fully saturated rings. The zero-order valence-corrected chi connectivity index (χ0v) is 20.4. The molecule has 2 aromatic heterocycles. The van der Waals surface area contributed by atoms with Crippen LogP contribution >= 0.6 is 11.8 Å². The van der Waals surface area contributed by atoms with E-state index in [2.05, 4.69) is 44.0 Å². The van der Waals surface area contributed by atoms with E-state index in [9.17, 15) is 9.00 Å². The van der Waals surface area contributed by atoms with Crippen molar-refractivity contribution in [2.24, 2.45) is 5.92 Å². The van der Waals surface area contributed by atoms with Gasteiger partial charge in [0.05, 0.1) is 5.39 Å². The lowest BCUT2D eigenvalue weighted by Gasteiger charge is -2.22. The largest absolute Gasteiger partial charge is 0.356 e. The highest BCUT2D eigenvalue weighted by Gasteiger charge is 2.26. The number of hydrogen-bond donors (Lipinski definition) is 3. The van der Waals surface area contributed by atoms with Crippen LogP contribution in [-0.4, -0.2) is 43.6 Å². The minimum absolute atomic E-state index is 0.148. The Morgan fingerprint density at radius 1 is 1.27 bits per heavy atom. The van der Waals surface area contributed by atoms with Crippen LogP contribution in [0.2, 0.25) is 0 Å². The quantitative estimate of drug-likeness (QED) is 0.421. The van der Waals surface area contributed by atoms with Gasteiger partial charge < -0.3 is 15.6 Å². The summed E-state index contributed by atoms with van der Waals surface area (Å²) in [5.41, 5.74) is 6.52. The van der Waals surface area contributed by atoms with Crippen molar-refractivity contribution in [1.82, 2.24) is 20.3 Å². The molecular weight excluding hydrogens is 454 g/mol. The number of benzene rings is 1.